The van der Waals surface area contributed by atoms with E-state index in [1.165, 1.54) is 0 Å². The molecule has 2 aliphatic rings. The highest BCUT2D eigenvalue weighted by molar-refractivity contribution is 5.89. The van der Waals surface area contributed by atoms with E-state index in [2.05, 4.69) is 16.0 Å². The third kappa shape index (κ3) is 4.83. The number of rotatable bonds is 6. The number of piperidine rings is 1. The Morgan fingerprint density at radius 1 is 1.12 bits per heavy atom. The van der Waals surface area contributed by atoms with Crippen LogP contribution in [-0.2, 0) is 14.3 Å². The lowest BCUT2D eigenvalue weighted by Crippen LogP contribution is -2.55. The Morgan fingerprint density at radius 2 is 1.85 bits per heavy atom. The van der Waals surface area contributed by atoms with Gasteiger partial charge in [0.05, 0.1) is 6.04 Å². The number of ether oxygens (including phenoxy) is 1. The fourth-order valence-corrected chi connectivity index (χ4v) is 3.73. The summed E-state index contributed by atoms with van der Waals surface area (Å²) in [6.45, 7) is 4.33. The molecule has 2 aliphatic heterocycles. The maximum Gasteiger partial charge on any atom is 0.249 e. The molecule has 0 radical (unpaired) electrons. The minimum atomic E-state index is -0.514. The number of carbonyl (C=O) groups is 2. The quantitative estimate of drug-likeness (QED) is 0.720. The van der Waals surface area contributed by atoms with Crippen LogP contribution in [0.15, 0.2) is 30.3 Å². The van der Waals surface area contributed by atoms with Gasteiger partial charge in [-0.05, 0) is 57.2 Å². The lowest BCUT2D eigenvalue weighted by atomic mass is 9.89. The van der Waals surface area contributed by atoms with Crippen molar-refractivity contribution in [3.63, 3.8) is 0 Å². The molecule has 2 saturated heterocycles. The normalized spacial score (nSPS) is 23.2. The van der Waals surface area contributed by atoms with E-state index in [-0.39, 0.29) is 23.8 Å². The third-order valence-corrected chi connectivity index (χ3v) is 5.32. The van der Waals surface area contributed by atoms with Gasteiger partial charge < -0.3 is 20.7 Å². The van der Waals surface area contributed by atoms with Crippen LogP contribution in [0.4, 0.5) is 0 Å². The molecule has 1 aromatic carbocycles. The molecule has 2 amide bonds. The van der Waals surface area contributed by atoms with Crippen molar-refractivity contribution in [2.75, 3.05) is 19.7 Å². The van der Waals surface area contributed by atoms with Gasteiger partial charge in [0.15, 0.2) is 0 Å². The van der Waals surface area contributed by atoms with Crippen molar-refractivity contribution < 1.29 is 14.3 Å². The van der Waals surface area contributed by atoms with Crippen LogP contribution >= 0.6 is 0 Å². The second-order valence-corrected chi connectivity index (χ2v) is 7.22. The summed E-state index contributed by atoms with van der Waals surface area (Å²) in [5.41, 5.74) is 1.05. The summed E-state index contributed by atoms with van der Waals surface area (Å²) in [4.78, 5) is 25.5. The molecule has 0 bridgehead atoms. The van der Waals surface area contributed by atoms with Crippen molar-refractivity contribution in [2.24, 2.45) is 5.92 Å². The smallest absolute Gasteiger partial charge is 0.249 e. The van der Waals surface area contributed by atoms with Crippen molar-refractivity contribution in [1.29, 1.82) is 0 Å². The molecule has 0 saturated carbocycles. The van der Waals surface area contributed by atoms with Gasteiger partial charge in [0.1, 0.15) is 12.1 Å². The summed E-state index contributed by atoms with van der Waals surface area (Å²) in [6, 6.07) is 9.25. The standard InChI is InChI=1S/C20H29N3O3/c1-14(15-6-3-2-4-7-15)22-20(25)18(16-9-11-21-12-10-16)23-19(24)17-8-5-13-26-17/h2-4,6-7,14,16-18,21H,5,8-13H2,1H3,(H,22,25)(H,23,24)/t14-,17?,18?/m1/s1. The molecule has 1 aromatic rings. The summed E-state index contributed by atoms with van der Waals surface area (Å²) in [5, 5.41) is 9.37. The zero-order chi connectivity index (χ0) is 18.4. The van der Waals surface area contributed by atoms with Gasteiger partial charge in [-0.2, -0.15) is 0 Å². The first kappa shape index (κ1) is 18.9. The molecule has 2 fully saturated rings. The van der Waals surface area contributed by atoms with Crippen LogP contribution in [0.25, 0.3) is 0 Å². The average Bonchev–Trinajstić information content (AvgIpc) is 3.22. The summed E-state index contributed by atoms with van der Waals surface area (Å²) in [7, 11) is 0. The zero-order valence-electron chi connectivity index (χ0n) is 15.4. The molecule has 6 heteroatoms. The topological polar surface area (TPSA) is 79.5 Å². The van der Waals surface area contributed by atoms with Crippen LogP contribution in [0, 0.1) is 5.92 Å². The van der Waals surface area contributed by atoms with Gasteiger partial charge in [-0.3, -0.25) is 9.59 Å². The summed E-state index contributed by atoms with van der Waals surface area (Å²) >= 11 is 0. The molecule has 2 heterocycles. The molecule has 26 heavy (non-hydrogen) atoms. The first-order valence-corrected chi connectivity index (χ1v) is 9.63. The predicted octanol–water partition coefficient (Wildman–Crippen LogP) is 1.53. The number of hydrogen-bond acceptors (Lipinski definition) is 4. The van der Waals surface area contributed by atoms with Crippen LogP contribution in [0.3, 0.4) is 0 Å². The number of hydrogen-bond donors (Lipinski definition) is 3. The average molecular weight is 359 g/mol. The van der Waals surface area contributed by atoms with Crippen molar-refractivity contribution in [1.82, 2.24) is 16.0 Å². The molecule has 3 N–H and O–H groups in total. The van der Waals surface area contributed by atoms with Crippen molar-refractivity contribution in [3.05, 3.63) is 35.9 Å². The van der Waals surface area contributed by atoms with E-state index < -0.39 is 12.1 Å². The fourth-order valence-electron chi connectivity index (χ4n) is 3.73. The molecule has 3 rings (SSSR count). The monoisotopic (exact) mass is 359 g/mol. The lowest BCUT2D eigenvalue weighted by Gasteiger charge is -2.32. The van der Waals surface area contributed by atoms with E-state index in [1.54, 1.807) is 0 Å². The van der Waals surface area contributed by atoms with Gasteiger partial charge in [0.25, 0.3) is 0 Å². The SMILES string of the molecule is C[C@@H](NC(=O)C(NC(=O)C1CCCO1)C1CCNCC1)c1ccccc1. The number of amides is 2. The second-order valence-electron chi connectivity index (χ2n) is 7.22. The highest BCUT2D eigenvalue weighted by Crippen LogP contribution is 2.20. The van der Waals surface area contributed by atoms with Crippen molar-refractivity contribution >= 4 is 11.8 Å². The molecule has 2 unspecified atom stereocenters. The van der Waals surface area contributed by atoms with Gasteiger partial charge in [-0.15, -0.1) is 0 Å². The van der Waals surface area contributed by atoms with E-state index in [0.29, 0.717) is 6.61 Å². The highest BCUT2D eigenvalue weighted by atomic mass is 16.5. The van der Waals surface area contributed by atoms with Gasteiger partial charge in [0.2, 0.25) is 11.8 Å². The maximum absolute atomic E-state index is 13.0. The van der Waals surface area contributed by atoms with Crippen LogP contribution in [-0.4, -0.2) is 43.7 Å². The second kappa shape index (κ2) is 9.14. The predicted molar refractivity (Wildman–Crippen MR) is 99.5 cm³/mol. The fraction of sp³-hybridized carbons (Fsp3) is 0.600. The zero-order valence-corrected chi connectivity index (χ0v) is 15.4. The van der Waals surface area contributed by atoms with Gasteiger partial charge in [-0.25, -0.2) is 0 Å². The summed E-state index contributed by atoms with van der Waals surface area (Å²) in [6.07, 6.45) is 2.96. The highest BCUT2D eigenvalue weighted by Gasteiger charge is 2.34. The lowest BCUT2D eigenvalue weighted by molar-refractivity contribution is -0.136. The van der Waals surface area contributed by atoms with Crippen LogP contribution < -0.4 is 16.0 Å². The Balaban J connectivity index is 1.67. The van der Waals surface area contributed by atoms with E-state index in [4.69, 9.17) is 4.74 Å². The first-order valence-electron chi connectivity index (χ1n) is 9.63. The number of carbonyl (C=O) groups excluding carboxylic acids is 2. The van der Waals surface area contributed by atoms with Crippen molar-refractivity contribution in [3.8, 4) is 0 Å². The largest absolute Gasteiger partial charge is 0.368 e. The van der Waals surface area contributed by atoms with E-state index in [1.807, 2.05) is 37.3 Å². The third-order valence-electron chi connectivity index (χ3n) is 5.32. The Bertz CT molecular complexity index is 596. The van der Waals surface area contributed by atoms with Gasteiger partial charge in [0, 0.05) is 6.61 Å². The van der Waals surface area contributed by atoms with E-state index in [9.17, 15) is 9.59 Å². The molecular formula is C20H29N3O3. The molecule has 3 atom stereocenters. The minimum Gasteiger partial charge on any atom is -0.368 e. The van der Waals surface area contributed by atoms with Gasteiger partial charge in [-0.1, -0.05) is 30.3 Å². The molecule has 6 nitrogen and oxygen atoms in total. The minimum absolute atomic E-state index is 0.104. The Hall–Kier alpha value is -1.92. The van der Waals surface area contributed by atoms with E-state index in [0.717, 1.165) is 44.3 Å². The molecule has 0 spiro atoms. The Kier molecular flexibility index (Phi) is 6.63. The number of nitrogens with one attached hydrogen (secondary N) is 3. The summed E-state index contributed by atoms with van der Waals surface area (Å²) < 4.78 is 5.48. The Morgan fingerprint density at radius 3 is 2.50 bits per heavy atom. The summed E-state index contributed by atoms with van der Waals surface area (Å²) in [5.74, 6) is -0.127. The molecular weight excluding hydrogens is 330 g/mol. The van der Waals surface area contributed by atoms with Crippen LogP contribution in [0.1, 0.15) is 44.2 Å². The van der Waals surface area contributed by atoms with Crippen LogP contribution in [0.5, 0.6) is 0 Å². The maximum atomic E-state index is 13.0. The first-order chi connectivity index (χ1) is 12.6. The molecule has 0 aromatic heterocycles. The molecule has 0 aliphatic carbocycles. The Labute approximate surface area is 155 Å². The van der Waals surface area contributed by atoms with E-state index >= 15 is 0 Å². The van der Waals surface area contributed by atoms with Crippen LogP contribution in [0.2, 0.25) is 0 Å². The molecule has 142 valence electrons. The number of benzene rings is 1. The van der Waals surface area contributed by atoms with Gasteiger partial charge >= 0.3 is 0 Å². The van der Waals surface area contributed by atoms with Crippen molar-refractivity contribution in [2.45, 2.75) is 50.8 Å².